The Morgan fingerprint density at radius 3 is 2.45 bits per heavy atom. The number of ether oxygens (including phenoxy) is 1. The smallest absolute Gasteiger partial charge is 0.410 e. The van der Waals surface area contributed by atoms with E-state index in [0.29, 0.717) is 56.2 Å². The molecule has 1 unspecified atom stereocenters. The van der Waals surface area contributed by atoms with Gasteiger partial charge in [0, 0.05) is 66.0 Å². The van der Waals surface area contributed by atoms with Gasteiger partial charge >= 0.3 is 18.2 Å². The number of rotatable bonds is 10. The zero-order chi connectivity index (χ0) is 35.0. The standard InChI is InChI=1S/C37H45F5N2O4S/c1-35-15-9-30-29-6-5-28(48-34(46)44-18-12-25(13-19-44)24-10-16-43-17-11-24)23-27(29)22-26(33(30)31(35)7-8-32(35)45)4-2-20-49(47)21-3-14-36(38,39)37(40,41)42/h5-6,10-11,16-17,23,25-26,30-31,33H,2-4,7-9,12-15,18-22H2,1H3/t26-,30-,31+,33-,35+,49?/m1/s1. The van der Waals surface area contributed by atoms with Crippen LogP contribution in [0, 0.1) is 23.2 Å². The lowest BCUT2D eigenvalue weighted by molar-refractivity contribution is -0.284. The van der Waals surface area contributed by atoms with Gasteiger partial charge in [-0.15, -0.1) is 0 Å². The predicted octanol–water partition coefficient (Wildman–Crippen LogP) is 8.62. The first-order valence-electron chi connectivity index (χ1n) is 17.6. The fraction of sp³-hybridized carbons (Fsp3) is 0.649. The van der Waals surface area contributed by atoms with Gasteiger partial charge in [0.2, 0.25) is 0 Å². The first kappa shape index (κ1) is 35.9. The molecule has 1 aliphatic heterocycles. The molecule has 0 spiro atoms. The Bertz CT molecular complexity index is 1530. The molecule has 6 atom stereocenters. The Balaban J connectivity index is 1.10. The molecule has 0 N–H and O–H groups in total. The number of alkyl halides is 5. The minimum atomic E-state index is -5.60. The van der Waals surface area contributed by atoms with Crippen LogP contribution in [-0.2, 0) is 22.0 Å². The van der Waals surface area contributed by atoms with E-state index >= 15 is 0 Å². The number of hydrogen-bond donors (Lipinski definition) is 0. The van der Waals surface area contributed by atoms with Crippen molar-refractivity contribution in [3.8, 4) is 5.75 Å². The van der Waals surface area contributed by atoms with Gasteiger partial charge in [-0.05, 0) is 128 Å². The summed E-state index contributed by atoms with van der Waals surface area (Å²) >= 11 is 0. The highest BCUT2D eigenvalue weighted by molar-refractivity contribution is 7.84. The van der Waals surface area contributed by atoms with Gasteiger partial charge in [0.1, 0.15) is 11.5 Å². The fourth-order valence-corrected chi connectivity index (χ4v) is 10.4. The van der Waals surface area contributed by atoms with Gasteiger partial charge in [0.05, 0.1) is 0 Å². The molecule has 6 nitrogen and oxygen atoms in total. The molecular formula is C37H45F5N2O4S. The largest absolute Gasteiger partial charge is 0.453 e. The Labute approximate surface area is 287 Å². The van der Waals surface area contributed by atoms with Crippen molar-refractivity contribution in [2.75, 3.05) is 24.6 Å². The van der Waals surface area contributed by atoms with Gasteiger partial charge in [0.15, 0.2) is 0 Å². The zero-order valence-electron chi connectivity index (χ0n) is 27.9. The van der Waals surface area contributed by atoms with E-state index in [1.165, 1.54) is 11.1 Å². The maximum Gasteiger partial charge on any atom is 0.453 e. The van der Waals surface area contributed by atoms with Crippen LogP contribution in [0.5, 0.6) is 5.75 Å². The van der Waals surface area contributed by atoms with Crippen molar-refractivity contribution in [3.63, 3.8) is 0 Å². The van der Waals surface area contributed by atoms with Crippen molar-refractivity contribution < 1.29 is 40.5 Å². The number of ketones is 1. The summed E-state index contributed by atoms with van der Waals surface area (Å²) in [6, 6.07) is 9.95. The minimum absolute atomic E-state index is 0.178. The third kappa shape index (κ3) is 7.59. The number of carbonyl (C=O) groups excluding carboxylic acids is 2. The summed E-state index contributed by atoms with van der Waals surface area (Å²) in [5.41, 5.74) is 3.21. The molecule has 0 bridgehead atoms. The lowest BCUT2D eigenvalue weighted by Gasteiger charge is -2.51. The molecule has 6 rings (SSSR count). The summed E-state index contributed by atoms with van der Waals surface area (Å²) < 4.78 is 82.7. The highest BCUT2D eigenvalue weighted by Gasteiger charge is 2.57. The average molecular weight is 709 g/mol. The summed E-state index contributed by atoms with van der Waals surface area (Å²) in [7, 11) is -1.51. The topological polar surface area (TPSA) is 76.6 Å². The number of benzene rings is 1. The number of Topliss-reactive ketones (excluding diaryl/α,β-unsaturated/α-hetero) is 1. The van der Waals surface area contributed by atoms with E-state index in [2.05, 4.69) is 18.0 Å². The van der Waals surface area contributed by atoms with E-state index < -0.39 is 35.7 Å². The molecule has 1 amide bonds. The van der Waals surface area contributed by atoms with Crippen LogP contribution < -0.4 is 4.74 Å². The lowest BCUT2D eigenvalue weighted by Crippen LogP contribution is -2.46. The molecule has 268 valence electrons. The molecule has 4 aliphatic rings. The van der Waals surface area contributed by atoms with Gasteiger partial charge in [-0.1, -0.05) is 13.0 Å². The molecule has 2 aromatic rings. The molecule has 1 aromatic heterocycles. The maximum atomic E-state index is 13.3. The first-order chi connectivity index (χ1) is 23.3. The molecule has 2 heterocycles. The van der Waals surface area contributed by atoms with Crippen molar-refractivity contribution in [2.45, 2.75) is 101 Å². The van der Waals surface area contributed by atoms with E-state index in [-0.39, 0.29) is 46.7 Å². The van der Waals surface area contributed by atoms with E-state index in [1.807, 2.05) is 24.3 Å². The molecule has 3 aliphatic carbocycles. The van der Waals surface area contributed by atoms with Crippen LogP contribution in [0.2, 0.25) is 0 Å². The number of likely N-dealkylation sites (tertiary alicyclic amines) is 1. The summed E-state index contributed by atoms with van der Waals surface area (Å²) in [6.45, 7) is 3.31. The monoisotopic (exact) mass is 708 g/mol. The van der Waals surface area contributed by atoms with Crippen molar-refractivity contribution >= 4 is 22.7 Å². The van der Waals surface area contributed by atoms with Gasteiger partial charge in [-0.25, -0.2) is 4.79 Å². The number of aromatic nitrogens is 1. The number of nitrogens with zero attached hydrogens (tertiary/aromatic N) is 2. The first-order valence-corrected chi connectivity index (χ1v) is 19.1. The van der Waals surface area contributed by atoms with Crippen LogP contribution in [0.15, 0.2) is 42.7 Å². The Morgan fingerprint density at radius 1 is 1.02 bits per heavy atom. The van der Waals surface area contributed by atoms with Crippen molar-refractivity contribution in [3.05, 3.63) is 59.4 Å². The normalized spacial score (nSPS) is 28.0. The minimum Gasteiger partial charge on any atom is -0.410 e. The lowest BCUT2D eigenvalue weighted by atomic mass is 9.52. The highest BCUT2D eigenvalue weighted by Crippen LogP contribution is 2.61. The maximum absolute atomic E-state index is 13.3. The van der Waals surface area contributed by atoms with Crippen LogP contribution in [0.1, 0.15) is 99.7 Å². The molecule has 12 heteroatoms. The summed E-state index contributed by atoms with van der Waals surface area (Å²) in [5.74, 6) is -2.64. The SMILES string of the molecule is C[C@]12CC[C@@H]3c4ccc(OC(=O)N5CCC(c6ccncc6)CC5)cc4C[C@@H](CCCS(=O)CCCC(F)(F)C(F)(F)F)[C@H]3[C@@H]1CCC2=O. The van der Waals surface area contributed by atoms with Crippen LogP contribution in [0.4, 0.5) is 26.7 Å². The molecule has 1 aromatic carbocycles. The number of hydrogen-bond acceptors (Lipinski definition) is 5. The number of halogens is 5. The van der Waals surface area contributed by atoms with Gasteiger partial charge in [0.25, 0.3) is 0 Å². The summed E-state index contributed by atoms with van der Waals surface area (Å²) in [6.07, 6.45) is 2.56. The van der Waals surface area contributed by atoms with Crippen molar-refractivity contribution in [2.24, 2.45) is 23.2 Å². The molecule has 49 heavy (non-hydrogen) atoms. The molecule has 2 saturated carbocycles. The van der Waals surface area contributed by atoms with Crippen LogP contribution >= 0.6 is 0 Å². The number of piperidine rings is 1. The third-order valence-corrected chi connectivity index (χ3v) is 13.4. The average Bonchev–Trinajstić information content (AvgIpc) is 3.38. The quantitative estimate of drug-likeness (QED) is 0.231. The second-order valence-electron chi connectivity index (χ2n) is 14.7. The van der Waals surface area contributed by atoms with Crippen molar-refractivity contribution in [1.29, 1.82) is 0 Å². The number of fused-ring (bicyclic) bond motifs is 5. The van der Waals surface area contributed by atoms with E-state index in [1.54, 1.807) is 17.3 Å². The Hall–Kier alpha value is -2.89. The Morgan fingerprint density at radius 2 is 1.73 bits per heavy atom. The predicted molar refractivity (Wildman–Crippen MR) is 176 cm³/mol. The van der Waals surface area contributed by atoms with Crippen molar-refractivity contribution in [1.82, 2.24) is 9.88 Å². The number of pyridine rings is 1. The second kappa shape index (κ2) is 14.4. The second-order valence-corrected chi connectivity index (χ2v) is 16.4. The number of carbonyl (C=O) groups is 2. The van der Waals surface area contributed by atoms with Crippen LogP contribution in [0.3, 0.4) is 0 Å². The molecule has 3 fully saturated rings. The van der Waals surface area contributed by atoms with Crippen LogP contribution in [0.25, 0.3) is 0 Å². The third-order valence-electron chi connectivity index (χ3n) is 11.9. The fourth-order valence-electron chi connectivity index (χ4n) is 9.29. The highest BCUT2D eigenvalue weighted by atomic mass is 32.2. The molecular weight excluding hydrogens is 663 g/mol. The zero-order valence-corrected chi connectivity index (χ0v) is 28.7. The van der Waals surface area contributed by atoms with Gasteiger partial charge in [-0.2, -0.15) is 22.0 Å². The molecule has 0 radical (unpaired) electrons. The van der Waals surface area contributed by atoms with E-state index in [0.717, 1.165) is 37.7 Å². The van der Waals surface area contributed by atoms with Crippen LogP contribution in [-0.4, -0.2) is 62.7 Å². The molecule has 1 saturated heterocycles. The summed E-state index contributed by atoms with van der Waals surface area (Å²) in [5, 5.41) is 0. The number of amides is 1. The van der Waals surface area contributed by atoms with Gasteiger partial charge in [-0.3, -0.25) is 14.0 Å². The summed E-state index contributed by atoms with van der Waals surface area (Å²) in [4.78, 5) is 32.1. The van der Waals surface area contributed by atoms with Gasteiger partial charge < -0.3 is 9.64 Å². The van der Waals surface area contributed by atoms with E-state index in [4.69, 9.17) is 4.74 Å². The van der Waals surface area contributed by atoms with E-state index in [9.17, 15) is 35.8 Å². The Kier molecular flexibility index (Phi) is 10.5.